The summed E-state index contributed by atoms with van der Waals surface area (Å²) < 4.78 is 24.1. The third kappa shape index (κ3) is 3.26. The van der Waals surface area contributed by atoms with Crippen LogP contribution in [0.25, 0.3) is 9.65 Å². The van der Waals surface area contributed by atoms with Crippen LogP contribution in [0.3, 0.4) is 0 Å². The average molecular weight is 349 g/mol. The molecule has 1 aromatic heterocycles. The maximum atomic E-state index is 12.1. The minimum atomic E-state index is -3.21. The Kier molecular flexibility index (Phi) is 4.79. The van der Waals surface area contributed by atoms with E-state index in [-0.39, 0.29) is 20.3 Å². The van der Waals surface area contributed by atoms with Gasteiger partial charge in [-0.15, -0.1) is 0 Å². The van der Waals surface area contributed by atoms with Gasteiger partial charge in [-0.2, -0.15) is 0 Å². The monoisotopic (exact) mass is 350 g/mol. The van der Waals surface area contributed by atoms with Crippen molar-refractivity contribution in [2.24, 2.45) is 0 Å². The number of rotatable bonds is 6. The molecule has 1 N–H and O–H groups in total. The number of hydrogen-bond donors (Lipinski definition) is 1. The van der Waals surface area contributed by atoms with E-state index in [4.69, 9.17) is 9.05 Å². The Bertz CT molecular complexity index is 658. The van der Waals surface area contributed by atoms with Crippen LogP contribution in [0.4, 0.5) is 0 Å². The van der Waals surface area contributed by atoms with Crippen LogP contribution in [0.5, 0.6) is 0 Å². The number of fused-ring (bicyclic) bond motifs is 1. The predicted octanol–water partition coefficient (Wildman–Crippen LogP) is 1.05. The molecule has 0 spiro atoms. The standard InChI is InChI=1S/C11H15N2O4PSe/c1-16-18(15,17-2)12-7-8-13-11(14)9-5-3-4-6-10(9)19-13/h3-6H,7-8H2,1-2H3,(H,12,15). The molecule has 19 heavy (non-hydrogen) atoms. The van der Waals surface area contributed by atoms with Gasteiger partial charge in [-0.1, -0.05) is 0 Å². The molecule has 0 bridgehead atoms. The van der Waals surface area contributed by atoms with Gasteiger partial charge in [0.1, 0.15) is 0 Å². The molecule has 0 saturated carbocycles. The Morgan fingerprint density at radius 2 is 2.00 bits per heavy atom. The fourth-order valence-electron chi connectivity index (χ4n) is 1.66. The van der Waals surface area contributed by atoms with Gasteiger partial charge in [0.15, 0.2) is 0 Å². The van der Waals surface area contributed by atoms with Crippen molar-refractivity contribution in [3.8, 4) is 0 Å². The van der Waals surface area contributed by atoms with Crippen LogP contribution >= 0.6 is 7.75 Å². The summed E-state index contributed by atoms with van der Waals surface area (Å²) in [6.45, 7) is 0.838. The summed E-state index contributed by atoms with van der Waals surface area (Å²) in [5.74, 6) is 0. The summed E-state index contributed by atoms with van der Waals surface area (Å²) in [5.41, 5.74) is 0.0297. The van der Waals surface area contributed by atoms with E-state index in [0.29, 0.717) is 13.1 Å². The molecular formula is C11H15N2O4PSe. The van der Waals surface area contributed by atoms with E-state index in [0.717, 1.165) is 9.65 Å². The van der Waals surface area contributed by atoms with Crippen LogP contribution in [0.2, 0.25) is 0 Å². The average Bonchev–Trinajstić information content (AvgIpc) is 2.76. The zero-order valence-electron chi connectivity index (χ0n) is 10.7. The third-order valence-corrected chi connectivity index (χ3v) is 6.58. The molecule has 8 heteroatoms. The second-order valence-corrected chi connectivity index (χ2v) is 8.04. The van der Waals surface area contributed by atoms with Crippen molar-refractivity contribution >= 4 is 32.1 Å². The topological polar surface area (TPSA) is 69.6 Å². The number of benzene rings is 1. The zero-order valence-corrected chi connectivity index (χ0v) is 13.3. The Balaban J connectivity index is 2.09. The molecule has 0 atom stereocenters. The van der Waals surface area contributed by atoms with Gasteiger partial charge in [0.25, 0.3) is 0 Å². The van der Waals surface area contributed by atoms with E-state index >= 15 is 0 Å². The molecule has 0 amide bonds. The van der Waals surface area contributed by atoms with E-state index in [2.05, 4.69) is 5.09 Å². The molecule has 0 unspecified atom stereocenters. The van der Waals surface area contributed by atoms with E-state index < -0.39 is 7.75 Å². The quantitative estimate of drug-likeness (QED) is 0.624. The molecule has 1 heterocycles. The molecule has 0 radical (unpaired) electrons. The van der Waals surface area contributed by atoms with E-state index in [1.165, 1.54) is 14.2 Å². The summed E-state index contributed by atoms with van der Waals surface area (Å²) in [6, 6.07) is 7.59. The molecule has 6 nitrogen and oxygen atoms in total. The summed E-state index contributed by atoms with van der Waals surface area (Å²) >= 11 is -0.0144. The van der Waals surface area contributed by atoms with Crippen LogP contribution in [0, 0.1) is 0 Å². The fourth-order valence-corrected chi connectivity index (χ4v) is 4.52. The van der Waals surface area contributed by atoms with E-state index in [1.807, 2.05) is 24.3 Å². The number of aromatic nitrogens is 1. The maximum absolute atomic E-state index is 12.1. The minimum absolute atomic E-state index is 0.0144. The van der Waals surface area contributed by atoms with Crippen molar-refractivity contribution in [1.82, 2.24) is 8.65 Å². The predicted molar refractivity (Wildman–Crippen MR) is 74.8 cm³/mol. The van der Waals surface area contributed by atoms with E-state index in [9.17, 15) is 9.36 Å². The Hall–Kier alpha value is -0.681. The molecular weight excluding hydrogens is 334 g/mol. The summed E-state index contributed by atoms with van der Waals surface area (Å²) in [4.78, 5) is 12.1. The SMILES string of the molecule is COP(=O)(NCCn1[se]c2ccccc2c1=O)OC. The normalized spacial score (nSPS) is 12.1. The summed E-state index contributed by atoms with van der Waals surface area (Å²) in [7, 11) is -0.577. The van der Waals surface area contributed by atoms with Crippen LogP contribution in [0.1, 0.15) is 0 Å². The summed E-state index contributed by atoms with van der Waals surface area (Å²) in [5, 5.41) is 3.46. The molecule has 0 saturated heterocycles. The Morgan fingerprint density at radius 1 is 1.32 bits per heavy atom. The first-order chi connectivity index (χ1) is 9.09. The fraction of sp³-hybridized carbons (Fsp3) is 0.364. The molecule has 0 aliphatic heterocycles. The van der Waals surface area contributed by atoms with Gasteiger partial charge in [-0.25, -0.2) is 0 Å². The molecule has 0 aliphatic carbocycles. The van der Waals surface area contributed by atoms with E-state index in [1.54, 1.807) is 3.56 Å². The Morgan fingerprint density at radius 3 is 2.63 bits per heavy atom. The van der Waals surface area contributed by atoms with Gasteiger partial charge >= 0.3 is 116 Å². The number of hydrogen-bond acceptors (Lipinski definition) is 4. The van der Waals surface area contributed by atoms with Crippen LogP contribution in [-0.2, 0) is 20.2 Å². The summed E-state index contributed by atoms with van der Waals surface area (Å²) in [6.07, 6.45) is 0. The molecule has 1 aromatic carbocycles. The molecule has 0 fully saturated rings. The molecule has 0 aliphatic rings. The van der Waals surface area contributed by atoms with Crippen molar-refractivity contribution in [3.63, 3.8) is 0 Å². The first-order valence-corrected chi connectivity index (χ1v) is 8.81. The van der Waals surface area contributed by atoms with Crippen molar-refractivity contribution in [2.45, 2.75) is 6.54 Å². The number of nitrogens with one attached hydrogen (secondary N) is 1. The molecule has 2 rings (SSSR count). The first-order valence-electron chi connectivity index (χ1n) is 5.65. The molecule has 2 aromatic rings. The van der Waals surface area contributed by atoms with Gasteiger partial charge in [0.05, 0.1) is 0 Å². The van der Waals surface area contributed by atoms with Crippen molar-refractivity contribution in [3.05, 3.63) is 34.6 Å². The second kappa shape index (κ2) is 6.18. The van der Waals surface area contributed by atoms with Crippen LogP contribution in [-0.4, -0.2) is 39.1 Å². The van der Waals surface area contributed by atoms with Gasteiger partial charge in [0.2, 0.25) is 0 Å². The second-order valence-electron chi connectivity index (χ2n) is 3.77. The van der Waals surface area contributed by atoms with Crippen molar-refractivity contribution < 1.29 is 13.6 Å². The van der Waals surface area contributed by atoms with Crippen molar-refractivity contribution in [2.75, 3.05) is 20.8 Å². The van der Waals surface area contributed by atoms with Crippen LogP contribution < -0.4 is 10.6 Å². The van der Waals surface area contributed by atoms with Crippen molar-refractivity contribution in [1.29, 1.82) is 0 Å². The first kappa shape index (κ1) is 14.7. The van der Waals surface area contributed by atoms with Gasteiger partial charge < -0.3 is 0 Å². The molecule has 104 valence electrons. The van der Waals surface area contributed by atoms with Gasteiger partial charge in [0, 0.05) is 0 Å². The third-order valence-electron chi connectivity index (χ3n) is 2.65. The Labute approximate surface area is 116 Å². The zero-order chi connectivity index (χ0) is 13.9. The van der Waals surface area contributed by atoms with Crippen LogP contribution in [0.15, 0.2) is 29.1 Å². The van der Waals surface area contributed by atoms with Gasteiger partial charge in [-0.3, -0.25) is 0 Å². The number of nitrogens with zero attached hydrogens (tertiary/aromatic N) is 1. The van der Waals surface area contributed by atoms with Gasteiger partial charge in [-0.05, 0) is 0 Å².